The summed E-state index contributed by atoms with van der Waals surface area (Å²) in [5.41, 5.74) is 0. The van der Waals surface area contributed by atoms with Gasteiger partial charge in [0.1, 0.15) is 6.04 Å². The normalized spacial score (nSPS) is 27.3. The van der Waals surface area contributed by atoms with E-state index in [1.807, 2.05) is 6.92 Å². The first kappa shape index (κ1) is 18.9. The first-order chi connectivity index (χ1) is 12.3. The maximum atomic E-state index is 12.8. The fourth-order valence-corrected chi connectivity index (χ4v) is 4.98. The number of sulfonamides is 1. The molecule has 1 aromatic rings. The summed E-state index contributed by atoms with van der Waals surface area (Å²) in [4.78, 5) is 23.5. The minimum atomic E-state index is -4.08. The largest absolute Gasteiger partial charge is 0.475 e. The van der Waals surface area contributed by atoms with E-state index >= 15 is 0 Å². The van der Waals surface area contributed by atoms with Crippen LogP contribution in [-0.2, 0) is 19.6 Å². The Balaban J connectivity index is 1.73. The molecule has 10 heteroatoms. The molecule has 2 aliphatic heterocycles. The number of furan rings is 1. The van der Waals surface area contributed by atoms with Crippen molar-refractivity contribution >= 4 is 21.9 Å². The Morgan fingerprint density at radius 1 is 1.31 bits per heavy atom. The average molecular weight is 386 g/mol. The SMILES string of the molecule is CC1CC(NC(=O)C2CCCN2S(=O)(=O)c2ccc(C(=O)O)o2)CCO1. The van der Waals surface area contributed by atoms with Crippen LogP contribution in [0.5, 0.6) is 0 Å². The number of carboxylic acid groups (broad SMARTS) is 1. The molecular weight excluding hydrogens is 364 g/mol. The van der Waals surface area contributed by atoms with E-state index in [9.17, 15) is 18.0 Å². The van der Waals surface area contributed by atoms with Gasteiger partial charge in [-0.25, -0.2) is 13.2 Å². The van der Waals surface area contributed by atoms with Gasteiger partial charge in [-0.3, -0.25) is 4.79 Å². The zero-order valence-electron chi connectivity index (χ0n) is 14.4. The number of carbonyl (C=O) groups is 2. The molecule has 144 valence electrons. The number of ether oxygens (including phenoxy) is 1. The third kappa shape index (κ3) is 3.76. The lowest BCUT2D eigenvalue weighted by Crippen LogP contribution is -2.50. The molecule has 0 aliphatic carbocycles. The maximum Gasteiger partial charge on any atom is 0.371 e. The monoisotopic (exact) mass is 386 g/mol. The molecule has 3 atom stereocenters. The van der Waals surface area contributed by atoms with Gasteiger partial charge in [0.15, 0.2) is 0 Å². The number of carboxylic acids is 1. The number of carbonyl (C=O) groups excluding carboxylic acids is 1. The van der Waals surface area contributed by atoms with Crippen LogP contribution in [-0.4, -0.2) is 61.0 Å². The van der Waals surface area contributed by atoms with Crippen LogP contribution in [0.15, 0.2) is 21.6 Å². The molecule has 26 heavy (non-hydrogen) atoms. The van der Waals surface area contributed by atoms with Gasteiger partial charge in [0, 0.05) is 19.2 Å². The van der Waals surface area contributed by atoms with Crippen LogP contribution in [0.25, 0.3) is 0 Å². The molecule has 2 saturated heterocycles. The molecule has 0 saturated carbocycles. The highest BCUT2D eigenvalue weighted by atomic mass is 32.2. The van der Waals surface area contributed by atoms with Gasteiger partial charge < -0.3 is 19.6 Å². The first-order valence-corrected chi connectivity index (χ1v) is 10.00. The molecule has 2 aliphatic rings. The lowest BCUT2D eigenvalue weighted by atomic mass is 10.0. The Morgan fingerprint density at radius 2 is 2.08 bits per heavy atom. The molecule has 0 bridgehead atoms. The second-order valence-electron chi connectivity index (χ2n) is 6.61. The number of hydrogen-bond donors (Lipinski definition) is 2. The van der Waals surface area contributed by atoms with Crippen molar-refractivity contribution in [3.8, 4) is 0 Å². The molecule has 0 spiro atoms. The highest BCUT2D eigenvalue weighted by Crippen LogP contribution is 2.28. The van der Waals surface area contributed by atoms with E-state index in [4.69, 9.17) is 14.3 Å². The number of aromatic carboxylic acids is 1. The molecule has 3 heterocycles. The van der Waals surface area contributed by atoms with Gasteiger partial charge >= 0.3 is 5.97 Å². The van der Waals surface area contributed by atoms with Crippen molar-refractivity contribution in [1.29, 1.82) is 0 Å². The molecule has 2 N–H and O–H groups in total. The Labute approximate surface area is 151 Å². The highest BCUT2D eigenvalue weighted by molar-refractivity contribution is 7.89. The van der Waals surface area contributed by atoms with Crippen LogP contribution in [0, 0.1) is 0 Å². The summed E-state index contributed by atoms with van der Waals surface area (Å²) in [5, 5.41) is 11.4. The van der Waals surface area contributed by atoms with Crippen LogP contribution in [0.4, 0.5) is 0 Å². The minimum absolute atomic E-state index is 0.0429. The molecule has 3 rings (SSSR count). The molecule has 9 nitrogen and oxygen atoms in total. The van der Waals surface area contributed by atoms with E-state index in [-0.39, 0.29) is 24.6 Å². The van der Waals surface area contributed by atoms with E-state index in [1.54, 1.807) is 0 Å². The van der Waals surface area contributed by atoms with Crippen molar-refractivity contribution in [2.24, 2.45) is 0 Å². The summed E-state index contributed by atoms with van der Waals surface area (Å²) in [5.74, 6) is -2.15. The van der Waals surface area contributed by atoms with E-state index in [0.717, 1.165) is 16.4 Å². The summed E-state index contributed by atoms with van der Waals surface area (Å²) >= 11 is 0. The fraction of sp³-hybridized carbons (Fsp3) is 0.625. The second kappa shape index (κ2) is 7.37. The summed E-state index contributed by atoms with van der Waals surface area (Å²) in [6, 6.07) is 1.32. The fourth-order valence-electron chi connectivity index (χ4n) is 3.41. The van der Waals surface area contributed by atoms with Crippen LogP contribution in [0.3, 0.4) is 0 Å². The maximum absolute atomic E-state index is 12.8. The molecule has 2 fully saturated rings. The van der Waals surface area contributed by atoms with Crippen LogP contribution in [0.1, 0.15) is 43.2 Å². The van der Waals surface area contributed by atoms with Crippen molar-refractivity contribution in [1.82, 2.24) is 9.62 Å². The van der Waals surface area contributed by atoms with Gasteiger partial charge in [0.25, 0.3) is 10.0 Å². The standard InChI is InChI=1S/C16H22N2O7S/c1-10-9-11(6-8-24-10)17-15(19)12-3-2-7-18(12)26(22,23)14-5-4-13(25-14)16(20)21/h4-5,10-12H,2-3,6-9H2,1H3,(H,17,19)(H,20,21). The molecular formula is C16H22N2O7S. The topological polar surface area (TPSA) is 126 Å². The molecule has 1 aromatic heterocycles. The lowest BCUT2D eigenvalue weighted by Gasteiger charge is -2.30. The molecule has 1 amide bonds. The van der Waals surface area contributed by atoms with E-state index in [1.165, 1.54) is 0 Å². The van der Waals surface area contributed by atoms with Crippen LogP contribution in [0.2, 0.25) is 0 Å². The van der Waals surface area contributed by atoms with Crippen LogP contribution >= 0.6 is 0 Å². The Hall–Kier alpha value is -1.91. The highest BCUT2D eigenvalue weighted by Gasteiger charge is 2.41. The molecule has 0 radical (unpaired) electrons. The third-order valence-corrected chi connectivity index (χ3v) is 6.48. The van der Waals surface area contributed by atoms with Crippen molar-refractivity contribution in [2.75, 3.05) is 13.2 Å². The summed E-state index contributed by atoms with van der Waals surface area (Å²) in [6.45, 7) is 2.68. The van der Waals surface area contributed by atoms with Crippen molar-refractivity contribution in [2.45, 2.75) is 55.9 Å². The van der Waals surface area contributed by atoms with Crippen molar-refractivity contribution in [3.05, 3.63) is 17.9 Å². The van der Waals surface area contributed by atoms with Crippen molar-refractivity contribution in [3.63, 3.8) is 0 Å². The Kier molecular flexibility index (Phi) is 5.35. The lowest BCUT2D eigenvalue weighted by molar-refractivity contribution is -0.125. The first-order valence-electron chi connectivity index (χ1n) is 8.56. The second-order valence-corrected chi connectivity index (χ2v) is 8.43. The summed E-state index contributed by atoms with van der Waals surface area (Å²) in [7, 11) is -4.08. The van der Waals surface area contributed by atoms with Gasteiger partial charge in [-0.05, 0) is 44.7 Å². The zero-order valence-corrected chi connectivity index (χ0v) is 15.2. The number of amides is 1. The minimum Gasteiger partial charge on any atom is -0.475 e. The van der Waals surface area contributed by atoms with Gasteiger partial charge in [-0.15, -0.1) is 0 Å². The van der Waals surface area contributed by atoms with Crippen molar-refractivity contribution < 1.29 is 32.3 Å². The summed E-state index contributed by atoms with van der Waals surface area (Å²) < 4.78 is 37.0. The average Bonchev–Trinajstić information content (AvgIpc) is 3.25. The summed E-state index contributed by atoms with van der Waals surface area (Å²) in [6.07, 6.45) is 2.39. The van der Waals surface area contributed by atoms with Gasteiger partial charge in [0.05, 0.1) is 6.10 Å². The van der Waals surface area contributed by atoms with Gasteiger partial charge in [0.2, 0.25) is 16.8 Å². The van der Waals surface area contributed by atoms with E-state index in [2.05, 4.69) is 5.32 Å². The Bertz CT molecular complexity index is 788. The Morgan fingerprint density at radius 3 is 2.73 bits per heavy atom. The van der Waals surface area contributed by atoms with Gasteiger partial charge in [-0.1, -0.05) is 0 Å². The number of hydrogen-bond acceptors (Lipinski definition) is 6. The molecule has 0 aromatic carbocycles. The smallest absolute Gasteiger partial charge is 0.371 e. The number of nitrogens with one attached hydrogen (secondary N) is 1. The van der Waals surface area contributed by atoms with E-state index < -0.39 is 32.9 Å². The zero-order chi connectivity index (χ0) is 18.9. The van der Waals surface area contributed by atoms with Crippen LogP contribution < -0.4 is 5.32 Å². The third-order valence-electron chi connectivity index (χ3n) is 4.69. The predicted octanol–water partition coefficient (Wildman–Crippen LogP) is 0.815. The number of nitrogens with zero attached hydrogens (tertiary/aromatic N) is 1. The number of rotatable bonds is 5. The predicted molar refractivity (Wildman–Crippen MR) is 89.2 cm³/mol. The molecule has 3 unspecified atom stereocenters. The van der Waals surface area contributed by atoms with E-state index in [0.29, 0.717) is 32.3 Å². The quantitative estimate of drug-likeness (QED) is 0.767. The van der Waals surface area contributed by atoms with Gasteiger partial charge in [-0.2, -0.15) is 4.31 Å².